The van der Waals surface area contributed by atoms with Gasteiger partial charge in [-0.25, -0.2) is 0 Å². The number of rotatable bonds is 5. The second kappa shape index (κ2) is 11.5. The van der Waals surface area contributed by atoms with Crippen molar-refractivity contribution in [2.45, 2.75) is 96.3 Å². The van der Waals surface area contributed by atoms with Crippen LogP contribution in [0.1, 0.15) is 53.4 Å². The van der Waals surface area contributed by atoms with Crippen LogP contribution in [0.3, 0.4) is 0 Å². The van der Waals surface area contributed by atoms with Crippen molar-refractivity contribution in [3.8, 4) is 0 Å². The highest BCUT2D eigenvalue weighted by Gasteiger charge is 2.46. The number of hydrogen-bond acceptors (Lipinski definition) is 8. The van der Waals surface area contributed by atoms with Crippen LogP contribution in [0, 0.1) is 11.8 Å². The Morgan fingerprint density at radius 2 is 1.84 bits per heavy atom. The van der Waals surface area contributed by atoms with Gasteiger partial charge in [-0.1, -0.05) is 32.1 Å². The first-order valence-corrected chi connectivity index (χ1v) is 11.0. The van der Waals surface area contributed by atoms with Gasteiger partial charge in [0.05, 0.1) is 12.2 Å². The number of hydrogen-bond donors (Lipinski definition) is 4. The normalized spacial score (nSPS) is 39.6. The molecule has 8 nitrogen and oxygen atoms in total. The van der Waals surface area contributed by atoms with Crippen LogP contribution in [0.15, 0.2) is 23.8 Å². The molecule has 2 rings (SSSR count). The Balaban J connectivity index is 2.24. The lowest BCUT2D eigenvalue weighted by Crippen LogP contribution is -2.60. The van der Waals surface area contributed by atoms with E-state index in [-0.39, 0.29) is 18.4 Å². The Hall–Kier alpha value is -1.29. The lowest BCUT2D eigenvalue weighted by Gasteiger charge is -2.42. The molecule has 4 N–H and O–H groups in total. The highest BCUT2D eigenvalue weighted by molar-refractivity contribution is 5.65. The molecule has 8 heteroatoms. The first-order chi connectivity index (χ1) is 14.5. The molecule has 1 saturated heterocycles. The molecule has 8 unspecified atom stereocenters. The van der Waals surface area contributed by atoms with Gasteiger partial charge in [-0.05, 0) is 50.0 Å². The summed E-state index contributed by atoms with van der Waals surface area (Å²) in [5.74, 6) is -0.266. The van der Waals surface area contributed by atoms with Gasteiger partial charge in [-0.2, -0.15) is 0 Å². The van der Waals surface area contributed by atoms with Crippen molar-refractivity contribution in [3.05, 3.63) is 23.8 Å². The summed E-state index contributed by atoms with van der Waals surface area (Å²) in [6, 6.07) is 0. The van der Waals surface area contributed by atoms with E-state index in [2.05, 4.69) is 20.4 Å². The third-order valence-electron chi connectivity index (χ3n) is 6.22. The van der Waals surface area contributed by atoms with Crippen molar-refractivity contribution >= 4 is 5.97 Å². The van der Waals surface area contributed by atoms with Gasteiger partial charge in [0.1, 0.15) is 31.0 Å². The zero-order valence-corrected chi connectivity index (χ0v) is 18.9. The average Bonchev–Trinajstić information content (AvgIpc) is 2.70. The maximum Gasteiger partial charge on any atom is 0.302 e. The van der Waals surface area contributed by atoms with Gasteiger partial charge in [0.25, 0.3) is 0 Å². The molecule has 0 aromatic heterocycles. The highest BCUT2D eigenvalue weighted by atomic mass is 16.7. The second-order valence-corrected chi connectivity index (χ2v) is 9.09. The molecule has 31 heavy (non-hydrogen) atoms. The van der Waals surface area contributed by atoms with Crippen LogP contribution in [0.5, 0.6) is 0 Å². The van der Waals surface area contributed by atoms with Crippen LogP contribution < -0.4 is 0 Å². The maximum atomic E-state index is 11.1. The molecular formula is C23H38O8. The molecule has 1 aliphatic heterocycles. The van der Waals surface area contributed by atoms with E-state index >= 15 is 0 Å². The van der Waals surface area contributed by atoms with E-state index in [0.29, 0.717) is 19.3 Å². The maximum absolute atomic E-state index is 11.1. The van der Waals surface area contributed by atoms with Crippen molar-refractivity contribution in [2.75, 3.05) is 6.61 Å². The van der Waals surface area contributed by atoms with E-state index in [1.165, 1.54) is 6.92 Å². The molecule has 0 aromatic rings. The Morgan fingerprint density at radius 3 is 2.45 bits per heavy atom. The quantitative estimate of drug-likeness (QED) is 0.372. The smallest absolute Gasteiger partial charge is 0.302 e. The van der Waals surface area contributed by atoms with E-state index in [0.717, 1.165) is 17.6 Å². The van der Waals surface area contributed by atoms with E-state index in [1.54, 1.807) is 0 Å². The Morgan fingerprint density at radius 1 is 1.16 bits per heavy atom. The fraction of sp³-hybridized carbons (Fsp3) is 0.783. The van der Waals surface area contributed by atoms with E-state index in [4.69, 9.17) is 14.2 Å². The Labute approximate surface area is 184 Å². The summed E-state index contributed by atoms with van der Waals surface area (Å²) in [6.07, 6.45) is -2.93. The molecule has 1 aliphatic carbocycles. The first kappa shape index (κ1) is 26.0. The number of aliphatic hydroxyl groups excluding tert-OH is 4. The Kier molecular flexibility index (Phi) is 9.66. The number of esters is 1. The minimum atomic E-state index is -1.50. The van der Waals surface area contributed by atoms with Crippen LogP contribution in [-0.2, 0) is 19.0 Å². The summed E-state index contributed by atoms with van der Waals surface area (Å²) in [7, 11) is 0. The van der Waals surface area contributed by atoms with Gasteiger partial charge in [0, 0.05) is 6.92 Å². The standard InChI is InChI=1S/C23H38O8/c1-12(2)16-8-7-14(4)17(25)9-6-13(3)10-18(16)30-23-22(28)21(27)20(26)19(31-23)11-29-15(5)24/h10,12,16-23,25-28H,4,6-9,11H2,1-3,5H3/b13-10+. The summed E-state index contributed by atoms with van der Waals surface area (Å²) in [6.45, 7) is 11.1. The van der Waals surface area contributed by atoms with Crippen molar-refractivity contribution < 1.29 is 39.4 Å². The topological polar surface area (TPSA) is 126 Å². The largest absolute Gasteiger partial charge is 0.463 e. The van der Waals surface area contributed by atoms with Crippen LogP contribution in [0.25, 0.3) is 0 Å². The Bertz CT molecular complexity index is 645. The summed E-state index contributed by atoms with van der Waals surface area (Å²) < 4.78 is 16.8. The zero-order chi connectivity index (χ0) is 23.3. The molecule has 8 atom stereocenters. The predicted molar refractivity (Wildman–Crippen MR) is 114 cm³/mol. The summed E-state index contributed by atoms with van der Waals surface area (Å²) >= 11 is 0. The van der Waals surface area contributed by atoms with Crippen LogP contribution in [0.2, 0.25) is 0 Å². The number of allylic oxidation sites excluding steroid dienone is 1. The predicted octanol–water partition coefficient (Wildman–Crippen LogP) is 1.45. The van der Waals surface area contributed by atoms with Crippen molar-refractivity contribution in [3.63, 3.8) is 0 Å². The molecule has 0 amide bonds. The lowest BCUT2D eigenvalue weighted by molar-refractivity contribution is -0.312. The third kappa shape index (κ3) is 7.10. The van der Waals surface area contributed by atoms with Gasteiger partial charge < -0.3 is 34.6 Å². The number of carbonyl (C=O) groups excluding carboxylic acids is 1. The third-order valence-corrected chi connectivity index (χ3v) is 6.22. The molecular weight excluding hydrogens is 404 g/mol. The fourth-order valence-corrected chi connectivity index (χ4v) is 4.11. The molecule has 0 bridgehead atoms. The van der Waals surface area contributed by atoms with E-state index in [9.17, 15) is 25.2 Å². The molecule has 178 valence electrons. The van der Waals surface area contributed by atoms with Gasteiger partial charge in [-0.15, -0.1) is 0 Å². The van der Waals surface area contributed by atoms with Crippen molar-refractivity contribution in [1.82, 2.24) is 0 Å². The number of ether oxygens (including phenoxy) is 3. The zero-order valence-electron chi connectivity index (χ0n) is 18.9. The summed E-state index contributed by atoms with van der Waals surface area (Å²) in [5.41, 5.74) is 1.83. The van der Waals surface area contributed by atoms with Gasteiger partial charge in [0.2, 0.25) is 0 Å². The molecule has 0 aromatic carbocycles. The monoisotopic (exact) mass is 442 g/mol. The molecule has 2 aliphatic rings. The van der Waals surface area contributed by atoms with Gasteiger partial charge in [-0.3, -0.25) is 4.79 Å². The van der Waals surface area contributed by atoms with Crippen molar-refractivity contribution in [2.24, 2.45) is 11.8 Å². The summed E-state index contributed by atoms with van der Waals surface area (Å²) in [4.78, 5) is 11.1. The molecule has 0 saturated carbocycles. The van der Waals surface area contributed by atoms with E-state index < -0.39 is 48.9 Å². The summed E-state index contributed by atoms with van der Waals surface area (Å²) in [5, 5.41) is 41.3. The van der Waals surface area contributed by atoms with Crippen molar-refractivity contribution in [1.29, 1.82) is 0 Å². The van der Waals surface area contributed by atoms with E-state index in [1.807, 2.05) is 13.0 Å². The molecule has 0 radical (unpaired) electrons. The lowest BCUT2D eigenvalue weighted by atomic mass is 9.82. The number of aliphatic hydroxyl groups is 4. The fourth-order valence-electron chi connectivity index (χ4n) is 4.11. The minimum absolute atomic E-state index is 0.0451. The minimum Gasteiger partial charge on any atom is -0.463 e. The van der Waals surface area contributed by atoms with Gasteiger partial charge >= 0.3 is 5.97 Å². The van der Waals surface area contributed by atoms with Crippen LogP contribution in [-0.4, -0.2) is 75.9 Å². The molecule has 1 fully saturated rings. The van der Waals surface area contributed by atoms with Crippen LogP contribution in [0.4, 0.5) is 0 Å². The van der Waals surface area contributed by atoms with Gasteiger partial charge in [0.15, 0.2) is 6.29 Å². The average molecular weight is 443 g/mol. The molecule has 0 spiro atoms. The highest BCUT2D eigenvalue weighted by Crippen LogP contribution is 2.33. The number of carbonyl (C=O) groups is 1. The first-order valence-electron chi connectivity index (χ1n) is 11.0. The SMILES string of the molecule is C=C1CCC(C(C)C)C(OC2OC(COC(C)=O)C(O)C(O)C2O)/C=C(\C)CCC1O. The molecule has 1 heterocycles. The van der Waals surface area contributed by atoms with Crippen LogP contribution >= 0.6 is 0 Å². The second-order valence-electron chi connectivity index (χ2n) is 9.09.